The molecule has 12 heteroatoms. The number of phenolic OH excluding ortho intramolecular Hbond substituents is 3. The normalized spacial score (nSPS) is 22.3. The van der Waals surface area contributed by atoms with Gasteiger partial charge in [0.05, 0.1) is 0 Å². The minimum atomic E-state index is -1.74. The summed E-state index contributed by atoms with van der Waals surface area (Å²) in [5.41, 5.74) is 0.501. The van der Waals surface area contributed by atoms with Gasteiger partial charge >= 0.3 is 5.97 Å². The fraction of sp³-hybridized carbons (Fsp3) is 0.200. The second-order valence-corrected chi connectivity index (χ2v) is 9.52. The summed E-state index contributed by atoms with van der Waals surface area (Å²) in [6.07, 6.45) is -5.43. The van der Waals surface area contributed by atoms with Gasteiger partial charge in [-0.25, -0.2) is 4.79 Å². The van der Waals surface area contributed by atoms with E-state index in [9.17, 15) is 40.2 Å². The molecule has 12 nitrogen and oxygen atoms in total. The fourth-order valence-corrected chi connectivity index (χ4v) is 4.33. The first-order valence-corrected chi connectivity index (χ1v) is 12.7. The zero-order valence-electron chi connectivity index (χ0n) is 21.7. The van der Waals surface area contributed by atoms with Crippen molar-refractivity contribution in [3.8, 4) is 34.3 Å². The predicted molar refractivity (Wildman–Crippen MR) is 147 cm³/mol. The first-order valence-electron chi connectivity index (χ1n) is 12.7. The van der Waals surface area contributed by atoms with Gasteiger partial charge in [0.15, 0.2) is 5.43 Å². The highest BCUT2D eigenvalue weighted by atomic mass is 16.7. The average Bonchev–Trinajstić information content (AvgIpc) is 2.96. The topological polar surface area (TPSA) is 196 Å². The zero-order valence-corrected chi connectivity index (χ0v) is 21.7. The van der Waals surface area contributed by atoms with Gasteiger partial charge in [0.25, 0.3) is 0 Å². The van der Waals surface area contributed by atoms with Gasteiger partial charge in [0.2, 0.25) is 6.29 Å². The Hall–Kier alpha value is -4.88. The van der Waals surface area contributed by atoms with Gasteiger partial charge in [-0.2, -0.15) is 0 Å². The van der Waals surface area contributed by atoms with Crippen LogP contribution in [0.3, 0.4) is 0 Å². The van der Waals surface area contributed by atoms with E-state index in [0.717, 1.165) is 12.1 Å². The zero-order chi connectivity index (χ0) is 30.0. The van der Waals surface area contributed by atoms with Crippen molar-refractivity contribution in [2.24, 2.45) is 0 Å². The fourth-order valence-electron chi connectivity index (χ4n) is 4.33. The van der Waals surface area contributed by atoms with Crippen LogP contribution in [0.25, 0.3) is 28.4 Å². The van der Waals surface area contributed by atoms with Crippen molar-refractivity contribution in [3.05, 3.63) is 88.6 Å². The minimum Gasteiger partial charge on any atom is -0.508 e. The van der Waals surface area contributed by atoms with Crippen LogP contribution in [0.2, 0.25) is 0 Å². The van der Waals surface area contributed by atoms with Crippen molar-refractivity contribution in [2.45, 2.75) is 30.7 Å². The molecule has 1 aromatic heterocycles. The van der Waals surface area contributed by atoms with E-state index < -0.39 is 54.5 Å². The predicted octanol–water partition coefficient (Wildman–Crippen LogP) is 2.02. The lowest BCUT2D eigenvalue weighted by atomic mass is 9.99. The molecule has 5 rings (SSSR count). The molecular weight excluding hydrogens is 552 g/mol. The van der Waals surface area contributed by atoms with Crippen LogP contribution >= 0.6 is 0 Å². The van der Waals surface area contributed by atoms with Crippen LogP contribution in [0.4, 0.5) is 0 Å². The molecule has 4 aromatic rings. The van der Waals surface area contributed by atoms with Crippen LogP contribution in [-0.4, -0.2) is 73.9 Å². The maximum absolute atomic E-state index is 12.7. The van der Waals surface area contributed by atoms with Gasteiger partial charge < -0.3 is 49.3 Å². The van der Waals surface area contributed by atoms with Gasteiger partial charge in [0.1, 0.15) is 70.8 Å². The number of rotatable bonds is 7. The molecular formula is C30H26O12. The Morgan fingerprint density at radius 1 is 0.857 bits per heavy atom. The number of aromatic hydroxyl groups is 3. The minimum absolute atomic E-state index is 0.0205. The molecule has 0 spiro atoms. The summed E-state index contributed by atoms with van der Waals surface area (Å²) in [6.45, 7) is -0.503. The molecule has 1 fully saturated rings. The lowest BCUT2D eigenvalue weighted by Gasteiger charge is -2.39. The van der Waals surface area contributed by atoms with Crippen molar-refractivity contribution in [3.63, 3.8) is 0 Å². The van der Waals surface area contributed by atoms with Gasteiger partial charge in [0, 0.05) is 29.8 Å². The van der Waals surface area contributed by atoms with Crippen LogP contribution in [0.15, 0.2) is 82.0 Å². The first kappa shape index (κ1) is 28.6. The third-order valence-electron chi connectivity index (χ3n) is 6.55. The Bertz CT molecular complexity index is 1660. The largest absolute Gasteiger partial charge is 0.508 e. The second-order valence-electron chi connectivity index (χ2n) is 9.52. The number of fused-ring (bicyclic) bond motifs is 1. The van der Waals surface area contributed by atoms with Crippen LogP contribution in [0, 0.1) is 0 Å². The van der Waals surface area contributed by atoms with Crippen molar-refractivity contribution in [2.75, 3.05) is 6.61 Å². The first-order chi connectivity index (χ1) is 20.1. The number of hydrogen-bond acceptors (Lipinski definition) is 12. The highest BCUT2D eigenvalue weighted by Gasteiger charge is 2.45. The molecule has 1 aliphatic rings. The van der Waals surface area contributed by atoms with E-state index in [1.165, 1.54) is 54.6 Å². The molecule has 42 heavy (non-hydrogen) atoms. The average molecular weight is 579 g/mol. The molecule has 218 valence electrons. The van der Waals surface area contributed by atoms with Gasteiger partial charge in [-0.1, -0.05) is 12.1 Å². The third kappa shape index (κ3) is 6.21. The van der Waals surface area contributed by atoms with Gasteiger partial charge in [-0.05, 0) is 48.0 Å². The molecule has 1 aliphatic heterocycles. The van der Waals surface area contributed by atoms with Crippen LogP contribution in [0.5, 0.6) is 23.0 Å². The van der Waals surface area contributed by atoms with Crippen LogP contribution in [-0.2, 0) is 14.3 Å². The molecule has 0 aliphatic carbocycles. The van der Waals surface area contributed by atoms with Crippen molar-refractivity contribution in [1.82, 2.24) is 0 Å². The highest BCUT2D eigenvalue weighted by Crippen LogP contribution is 2.33. The van der Waals surface area contributed by atoms with E-state index >= 15 is 0 Å². The van der Waals surface area contributed by atoms with Gasteiger partial charge in [-0.15, -0.1) is 0 Å². The number of carbonyl (C=O) groups excluding carboxylic acids is 1. The molecule has 0 saturated carbocycles. The Morgan fingerprint density at radius 3 is 2.21 bits per heavy atom. The summed E-state index contributed by atoms with van der Waals surface area (Å²) in [5.74, 6) is -1.13. The van der Waals surface area contributed by atoms with Crippen LogP contribution in [0.1, 0.15) is 5.56 Å². The van der Waals surface area contributed by atoms with Crippen molar-refractivity contribution < 1.29 is 54.1 Å². The second kappa shape index (κ2) is 11.9. The number of ether oxygens (including phenoxy) is 3. The number of aliphatic hydroxyl groups excluding tert-OH is 3. The molecule has 2 heterocycles. The smallest absolute Gasteiger partial charge is 0.330 e. The molecule has 1 saturated heterocycles. The quantitative estimate of drug-likeness (QED) is 0.138. The number of aliphatic hydroxyl groups is 3. The summed E-state index contributed by atoms with van der Waals surface area (Å²) in [5, 5.41) is 60.5. The van der Waals surface area contributed by atoms with Crippen molar-refractivity contribution >= 4 is 23.0 Å². The van der Waals surface area contributed by atoms with E-state index in [-0.39, 0.29) is 34.0 Å². The maximum Gasteiger partial charge on any atom is 0.330 e. The summed E-state index contributed by atoms with van der Waals surface area (Å²) in [7, 11) is 0. The lowest BCUT2D eigenvalue weighted by molar-refractivity contribution is -0.278. The Balaban J connectivity index is 1.31. The summed E-state index contributed by atoms with van der Waals surface area (Å²) in [6, 6.07) is 15.5. The van der Waals surface area contributed by atoms with Gasteiger partial charge in [-0.3, -0.25) is 4.79 Å². The summed E-state index contributed by atoms with van der Waals surface area (Å²) < 4.78 is 22.2. The molecule has 6 N–H and O–H groups in total. The molecule has 0 unspecified atom stereocenters. The number of carbonyl (C=O) groups is 1. The summed E-state index contributed by atoms with van der Waals surface area (Å²) >= 11 is 0. The Kier molecular flexibility index (Phi) is 8.13. The van der Waals surface area contributed by atoms with E-state index in [4.69, 9.17) is 18.6 Å². The van der Waals surface area contributed by atoms with E-state index in [1.807, 2.05) is 0 Å². The van der Waals surface area contributed by atoms with Crippen molar-refractivity contribution in [1.29, 1.82) is 0 Å². The summed E-state index contributed by atoms with van der Waals surface area (Å²) in [4.78, 5) is 24.9. The number of hydrogen-bond donors (Lipinski definition) is 6. The number of benzene rings is 3. The third-order valence-corrected chi connectivity index (χ3v) is 6.55. The van der Waals surface area contributed by atoms with E-state index in [2.05, 4.69) is 0 Å². The monoisotopic (exact) mass is 578 g/mol. The molecule has 3 aromatic carbocycles. The Labute approximate surface area is 237 Å². The SMILES string of the molecule is O=C(C=Cc1ccc(O)cc1)OC[C@@H]1O[C@@H](Oc2cc(O)c3c(=O)cc(-c4ccc(O)cc4)oc3c2)[C@@H](O)[C@@H](O)[C@@H]1O. The van der Waals surface area contributed by atoms with E-state index in [1.54, 1.807) is 12.1 Å². The number of phenols is 3. The highest BCUT2D eigenvalue weighted by molar-refractivity contribution is 5.87. The molecule has 5 atom stereocenters. The standard InChI is InChI=1S/C30H26O12/c31-17-6-1-15(2-7-17)3-10-25(35)39-14-24-27(36)28(37)29(38)30(42-24)40-19-11-20(33)26-21(34)13-22(41-23(26)12-19)16-4-8-18(32)9-5-16/h1-13,24,27-33,36-38H,14H2/t24-,27+,28-,29-,30+/m0/s1. The molecule has 0 amide bonds. The van der Waals surface area contributed by atoms with E-state index in [0.29, 0.717) is 11.1 Å². The molecule has 0 radical (unpaired) electrons. The maximum atomic E-state index is 12.7. The Morgan fingerprint density at radius 2 is 1.52 bits per heavy atom. The molecule has 0 bridgehead atoms. The number of esters is 1. The van der Waals surface area contributed by atoms with Crippen LogP contribution < -0.4 is 10.2 Å². The lowest BCUT2D eigenvalue weighted by Crippen LogP contribution is -2.60.